The number of fused-ring (bicyclic) bond motifs is 2. The van der Waals surface area contributed by atoms with Crippen LogP contribution >= 0.6 is 7.82 Å². The quantitative estimate of drug-likeness (QED) is 0.457. The maximum absolute atomic E-state index is 13.2. The Balaban J connectivity index is 1.40. The van der Waals surface area contributed by atoms with E-state index in [1.54, 1.807) is 17.8 Å². The van der Waals surface area contributed by atoms with Gasteiger partial charge in [0.2, 0.25) is 11.8 Å². The van der Waals surface area contributed by atoms with Gasteiger partial charge in [0, 0.05) is 5.92 Å². The standard InChI is InChI=1S/C21H33N6O8P/c1-6-30-18-15-17(25-20(22)26-18)27(10-23-15)19-13(5)16-14(34-19)9-33-36(29,35-16)32-8-12(4)24-21(28)31-7-11(2)3/h10-14,16,19H,6-9H2,1-5H3,(H,24,28)(H2,22,25,26)/t12-,13-,14+,16-,19+,36+/m0/s1. The van der Waals surface area contributed by atoms with Crippen molar-refractivity contribution in [1.82, 2.24) is 24.8 Å². The fourth-order valence-electron chi connectivity index (χ4n) is 3.97. The molecular weight excluding hydrogens is 495 g/mol. The zero-order valence-corrected chi connectivity index (χ0v) is 21.8. The first-order chi connectivity index (χ1) is 17.1. The average molecular weight is 529 g/mol. The molecule has 2 aromatic heterocycles. The number of imidazole rings is 1. The number of carbonyl (C=O) groups excluding carboxylic acids is 1. The minimum absolute atomic E-state index is 0.00890. The molecule has 2 aromatic rings. The monoisotopic (exact) mass is 528 g/mol. The van der Waals surface area contributed by atoms with E-state index in [1.807, 2.05) is 27.7 Å². The summed E-state index contributed by atoms with van der Waals surface area (Å²) in [6.45, 7) is 9.91. The molecule has 0 bridgehead atoms. The van der Waals surface area contributed by atoms with Crippen LogP contribution in [0.2, 0.25) is 0 Å². The number of ether oxygens (including phenoxy) is 3. The number of rotatable bonds is 9. The fraction of sp³-hybridized carbons (Fsp3) is 0.714. The minimum Gasteiger partial charge on any atom is -0.476 e. The molecule has 0 saturated carbocycles. The average Bonchev–Trinajstić information content (AvgIpc) is 3.37. The number of hydrogen-bond acceptors (Lipinski definition) is 12. The van der Waals surface area contributed by atoms with Crippen LogP contribution in [0.25, 0.3) is 11.2 Å². The summed E-state index contributed by atoms with van der Waals surface area (Å²) in [5.74, 6) is 0.284. The second-order valence-electron chi connectivity index (χ2n) is 9.21. The summed E-state index contributed by atoms with van der Waals surface area (Å²) in [7, 11) is -3.89. The molecule has 15 heteroatoms. The highest BCUT2D eigenvalue weighted by Gasteiger charge is 2.52. The van der Waals surface area contributed by atoms with Crippen molar-refractivity contribution < 1.29 is 37.1 Å². The number of nitrogen functional groups attached to an aromatic ring is 1. The summed E-state index contributed by atoms with van der Waals surface area (Å²) in [5, 5.41) is 2.62. The van der Waals surface area contributed by atoms with E-state index >= 15 is 0 Å². The molecule has 3 N–H and O–H groups in total. The number of anilines is 1. The predicted octanol–water partition coefficient (Wildman–Crippen LogP) is 2.65. The van der Waals surface area contributed by atoms with E-state index in [9.17, 15) is 9.36 Å². The van der Waals surface area contributed by atoms with Gasteiger partial charge in [0.05, 0.1) is 38.8 Å². The maximum atomic E-state index is 13.2. The molecule has 0 aromatic carbocycles. The van der Waals surface area contributed by atoms with Crippen molar-refractivity contribution in [2.24, 2.45) is 11.8 Å². The summed E-state index contributed by atoms with van der Waals surface area (Å²) in [5.41, 5.74) is 6.78. The molecule has 2 aliphatic heterocycles. The van der Waals surface area contributed by atoms with Crippen LogP contribution in [0.3, 0.4) is 0 Å². The molecule has 2 saturated heterocycles. The molecule has 6 atom stereocenters. The molecule has 4 heterocycles. The maximum Gasteiger partial charge on any atom is 0.475 e. The van der Waals surface area contributed by atoms with E-state index in [-0.39, 0.29) is 36.9 Å². The third kappa shape index (κ3) is 5.73. The van der Waals surface area contributed by atoms with Gasteiger partial charge in [0.15, 0.2) is 11.2 Å². The van der Waals surface area contributed by atoms with Crippen molar-refractivity contribution in [2.75, 3.05) is 32.2 Å². The summed E-state index contributed by atoms with van der Waals surface area (Å²) in [4.78, 5) is 24.6. The third-order valence-electron chi connectivity index (χ3n) is 5.65. The van der Waals surface area contributed by atoms with Crippen LogP contribution in [0, 0.1) is 11.8 Å². The first-order valence-corrected chi connectivity index (χ1v) is 13.3. The molecular formula is C21H33N6O8P. The van der Waals surface area contributed by atoms with Crippen LogP contribution in [0.5, 0.6) is 5.88 Å². The molecule has 0 spiro atoms. The molecule has 0 radical (unpaired) electrons. The number of aromatic nitrogens is 4. The molecule has 36 heavy (non-hydrogen) atoms. The van der Waals surface area contributed by atoms with Crippen LogP contribution < -0.4 is 15.8 Å². The number of phosphoric acid groups is 1. The molecule has 2 fully saturated rings. The number of alkyl carbamates (subject to hydrolysis) is 1. The molecule has 200 valence electrons. The predicted molar refractivity (Wildman–Crippen MR) is 127 cm³/mol. The van der Waals surface area contributed by atoms with Crippen molar-refractivity contribution >= 4 is 31.0 Å². The zero-order chi connectivity index (χ0) is 26.0. The Morgan fingerprint density at radius 3 is 2.83 bits per heavy atom. The highest BCUT2D eigenvalue weighted by Crippen LogP contribution is 2.58. The van der Waals surface area contributed by atoms with Crippen molar-refractivity contribution in [3.8, 4) is 5.88 Å². The Labute approximate surface area is 208 Å². The van der Waals surface area contributed by atoms with Gasteiger partial charge in [-0.25, -0.2) is 14.3 Å². The lowest BCUT2D eigenvalue weighted by atomic mass is 10.0. The van der Waals surface area contributed by atoms with E-state index in [1.165, 1.54) is 0 Å². The first-order valence-electron chi connectivity index (χ1n) is 11.9. The second-order valence-corrected chi connectivity index (χ2v) is 10.8. The van der Waals surface area contributed by atoms with Crippen molar-refractivity contribution in [1.29, 1.82) is 0 Å². The number of hydrogen-bond donors (Lipinski definition) is 2. The zero-order valence-electron chi connectivity index (χ0n) is 20.9. The number of phosphoric ester groups is 1. The van der Waals surface area contributed by atoms with Gasteiger partial charge in [0.1, 0.15) is 18.4 Å². The highest BCUT2D eigenvalue weighted by atomic mass is 31.2. The Bertz CT molecular complexity index is 1130. The van der Waals surface area contributed by atoms with Crippen molar-refractivity contribution in [2.45, 2.75) is 59.1 Å². The lowest BCUT2D eigenvalue weighted by Crippen LogP contribution is -2.39. The second kappa shape index (κ2) is 10.9. The van der Waals surface area contributed by atoms with E-state index in [2.05, 4.69) is 20.3 Å². The summed E-state index contributed by atoms with van der Waals surface area (Å²) in [6, 6.07) is -0.479. The third-order valence-corrected chi connectivity index (χ3v) is 7.09. The highest BCUT2D eigenvalue weighted by molar-refractivity contribution is 7.48. The van der Waals surface area contributed by atoms with Crippen LogP contribution in [0.4, 0.5) is 10.7 Å². The topological polar surface area (TPSA) is 171 Å². The van der Waals surface area contributed by atoms with Crippen LogP contribution in [0.15, 0.2) is 6.33 Å². The van der Waals surface area contributed by atoms with Gasteiger partial charge < -0.3 is 25.3 Å². The number of carbonyl (C=O) groups is 1. The fourth-order valence-corrected chi connectivity index (χ4v) is 5.53. The van der Waals surface area contributed by atoms with E-state index < -0.39 is 38.4 Å². The van der Waals surface area contributed by atoms with Gasteiger partial charge in [-0.05, 0) is 19.8 Å². The SMILES string of the molecule is CCOc1nc(N)nc2c1ncn2[C@@H]1O[C@@H]2CO[P@@](=O)(OC[C@H](C)NC(=O)OCC(C)C)O[C@H]2[C@@H]1C. The molecule has 4 rings (SSSR count). The van der Waals surface area contributed by atoms with Crippen LogP contribution in [-0.2, 0) is 27.6 Å². The molecule has 14 nitrogen and oxygen atoms in total. The van der Waals surface area contributed by atoms with Gasteiger partial charge >= 0.3 is 13.9 Å². The lowest BCUT2D eigenvalue weighted by molar-refractivity contribution is -0.0710. The first kappa shape index (κ1) is 26.6. The Hall–Kier alpha value is -2.51. The number of nitrogens with one attached hydrogen (secondary N) is 1. The van der Waals surface area contributed by atoms with Gasteiger partial charge in [-0.3, -0.25) is 18.1 Å². The Morgan fingerprint density at radius 1 is 1.33 bits per heavy atom. The Morgan fingerprint density at radius 2 is 2.11 bits per heavy atom. The molecule has 2 aliphatic rings. The van der Waals surface area contributed by atoms with E-state index in [0.29, 0.717) is 24.4 Å². The van der Waals surface area contributed by atoms with Crippen LogP contribution in [0.1, 0.15) is 40.8 Å². The number of nitrogens with zero attached hydrogens (tertiary/aromatic N) is 4. The smallest absolute Gasteiger partial charge is 0.475 e. The van der Waals surface area contributed by atoms with Gasteiger partial charge in [0.25, 0.3) is 0 Å². The summed E-state index contributed by atoms with van der Waals surface area (Å²) < 4.78 is 48.4. The molecule has 0 aliphatic carbocycles. The largest absolute Gasteiger partial charge is 0.476 e. The Kier molecular flexibility index (Phi) is 8.00. The lowest BCUT2D eigenvalue weighted by Gasteiger charge is -2.31. The van der Waals surface area contributed by atoms with Crippen molar-refractivity contribution in [3.63, 3.8) is 0 Å². The van der Waals surface area contributed by atoms with Gasteiger partial charge in [-0.15, -0.1) is 0 Å². The summed E-state index contributed by atoms with van der Waals surface area (Å²) in [6.07, 6.45) is -0.603. The van der Waals surface area contributed by atoms with Crippen LogP contribution in [-0.4, -0.2) is 70.3 Å². The van der Waals surface area contributed by atoms with E-state index in [4.69, 9.17) is 33.5 Å². The van der Waals surface area contributed by atoms with Gasteiger partial charge in [-0.2, -0.15) is 9.97 Å². The number of nitrogens with two attached hydrogens (primary N) is 1. The number of amides is 1. The van der Waals surface area contributed by atoms with Gasteiger partial charge in [-0.1, -0.05) is 20.8 Å². The normalized spacial score (nSPS) is 28.7. The molecule has 0 unspecified atom stereocenters. The minimum atomic E-state index is -3.89. The van der Waals surface area contributed by atoms with E-state index in [0.717, 1.165) is 0 Å². The van der Waals surface area contributed by atoms with Crippen molar-refractivity contribution in [3.05, 3.63) is 6.33 Å². The summed E-state index contributed by atoms with van der Waals surface area (Å²) >= 11 is 0. The molecule has 1 amide bonds.